The molecule has 18 heavy (non-hydrogen) atoms. The molecule has 0 aliphatic rings. The lowest BCUT2D eigenvalue weighted by molar-refractivity contribution is 1.16. The summed E-state index contributed by atoms with van der Waals surface area (Å²) in [5, 5.41) is 5.43. The van der Waals surface area contributed by atoms with Gasteiger partial charge in [0.25, 0.3) is 0 Å². The molecule has 3 N–H and O–H groups in total. The highest BCUT2D eigenvalue weighted by molar-refractivity contribution is 9.11. The number of fused-ring (bicyclic) bond motifs is 1. The maximum atomic E-state index is 11.1. The van der Waals surface area contributed by atoms with Crippen molar-refractivity contribution in [1.82, 2.24) is 9.97 Å². The van der Waals surface area contributed by atoms with Crippen LogP contribution in [0, 0.1) is 0 Å². The van der Waals surface area contributed by atoms with Crippen LogP contribution in [0.4, 0.5) is 5.69 Å². The van der Waals surface area contributed by atoms with Gasteiger partial charge in [-0.15, -0.1) is 11.3 Å². The van der Waals surface area contributed by atoms with Crippen LogP contribution in [0.25, 0.3) is 11.0 Å². The second-order valence-electron chi connectivity index (χ2n) is 3.95. The SMILES string of the molecule is O=c1[nH]c2ccc(NCc3csc(Br)c3)cc2[nH]1. The van der Waals surface area contributed by atoms with Crippen LogP contribution in [0.3, 0.4) is 0 Å². The zero-order valence-corrected chi connectivity index (χ0v) is 11.7. The topological polar surface area (TPSA) is 60.7 Å². The Labute approximate surface area is 115 Å². The van der Waals surface area contributed by atoms with Crippen molar-refractivity contribution in [2.75, 3.05) is 5.32 Å². The Hall–Kier alpha value is -1.53. The minimum Gasteiger partial charge on any atom is -0.381 e. The fourth-order valence-corrected chi connectivity index (χ4v) is 2.99. The molecule has 6 heteroatoms. The van der Waals surface area contributed by atoms with Crippen LogP contribution in [-0.2, 0) is 6.54 Å². The molecule has 2 heterocycles. The van der Waals surface area contributed by atoms with E-state index in [1.54, 1.807) is 11.3 Å². The molecule has 4 nitrogen and oxygen atoms in total. The number of halogens is 1. The Kier molecular flexibility index (Phi) is 2.97. The van der Waals surface area contributed by atoms with Gasteiger partial charge in [0.1, 0.15) is 0 Å². The van der Waals surface area contributed by atoms with E-state index in [2.05, 4.69) is 42.7 Å². The predicted molar refractivity (Wildman–Crippen MR) is 78.3 cm³/mol. The summed E-state index contributed by atoms with van der Waals surface area (Å²) < 4.78 is 1.13. The molecule has 0 saturated heterocycles. The Morgan fingerprint density at radius 2 is 2.06 bits per heavy atom. The number of imidazole rings is 1. The van der Waals surface area contributed by atoms with E-state index >= 15 is 0 Å². The van der Waals surface area contributed by atoms with Crippen LogP contribution < -0.4 is 11.0 Å². The van der Waals surface area contributed by atoms with Crippen LogP contribution in [0.1, 0.15) is 5.56 Å². The minimum absolute atomic E-state index is 0.177. The largest absolute Gasteiger partial charge is 0.381 e. The van der Waals surface area contributed by atoms with Crippen molar-refractivity contribution in [3.63, 3.8) is 0 Å². The summed E-state index contributed by atoms with van der Waals surface area (Å²) in [6, 6.07) is 7.86. The summed E-state index contributed by atoms with van der Waals surface area (Å²) in [5.74, 6) is 0. The molecule has 0 fully saturated rings. The van der Waals surface area contributed by atoms with Gasteiger partial charge in [0.2, 0.25) is 0 Å². The van der Waals surface area contributed by atoms with E-state index in [-0.39, 0.29) is 5.69 Å². The van der Waals surface area contributed by atoms with E-state index in [0.717, 1.165) is 27.1 Å². The molecule has 0 bridgehead atoms. The number of H-pyrrole nitrogens is 2. The Bertz CT molecular complexity index is 743. The van der Waals surface area contributed by atoms with Gasteiger partial charge < -0.3 is 15.3 Å². The summed E-state index contributed by atoms with van der Waals surface area (Å²) in [6.07, 6.45) is 0. The van der Waals surface area contributed by atoms with Crippen molar-refractivity contribution in [2.45, 2.75) is 6.54 Å². The van der Waals surface area contributed by atoms with Gasteiger partial charge in [-0.2, -0.15) is 0 Å². The molecule has 3 rings (SSSR count). The molecular weight excluding hydrogens is 314 g/mol. The number of hydrogen-bond acceptors (Lipinski definition) is 3. The number of nitrogens with one attached hydrogen (secondary N) is 3. The standard InChI is InChI=1S/C12H10BrN3OS/c13-11-3-7(6-18-11)5-14-8-1-2-9-10(4-8)16-12(17)15-9/h1-4,6,14H,5H2,(H2,15,16,17). The van der Waals surface area contributed by atoms with Crippen LogP contribution >= 0.6 is 27.3 Å². The van der Waals surface area contributed by atoms with Crippen molar-refractivity contribution in [1.29, 1.82) is 0 Å². The molecule has 3 aromatic rings. The molecule has 0 atom stereocenters. The number of anilines is 1. The quantitative estimate of drug-likeness (QED) is 0.692. The third kappa shape index (κ3) is 2.34. The zero-order valence-electron chi connectivity index (χ0n) is 9.29. The maximum Gasteiger partial charge on any atom is 0.323 e. The first-order chi connectivity index (χ1) is 8.70. The summed E-state index contributed by atoms with van der Waals surface area (Å²) in [7, 11) is 0. The lowest BCUT2D eigenvalue weighted by Crippen LogP contribution is -1.99. The van der Waals surface area contributed by atoms with E-state index in [1.165, 1.54) is 5.56 Å². The monoisotopic (exact) mass is 323 g/mol. The molecule has 0 unspecified atom stereocenters. The number of rotatable bonds is 3. The average molecular weight is 324 g/mol. The Morgan fingerprint density at radius 1 is 1.22 bits per heavy atom. The van der Waals surface area contributed by atoms with Crippen LogP contribution in [-0.4, -0.2) is 9.97 Å². The van der Waals surface area contributed by atoms with E-state index < -0.39 is 0 Å². The maximum absolute atomic E-state index is 11.1. The lowest BCUT2D eigenvalue weighted by Gasteiger charge is -2.04. The van der Waals surface area contributed by atoms with Gasteiger partial charge in [0.15, 0.2) is 0 Å². The molecule has 0 aliphatic heterocycles. The smallest absolute Gasteiger partial charge is 0.323 e. The van der Waals surface area contributed by atoms with Crippen LogP contribution in [0.15, 0.2) is 38.2 Å². The highest BCUT2D eigenvalue weighted by Gasteiger charge is 2.01. The number of hydrogen-bond donors (Lipinski definition) is 3. The molecule has 1 aromatic carbocycles. The second-order valence-corrected chi connectivity index (χ2v) is 6.24. The van der Waals surface area contributed by atoms with Gasteiger partial charge in [-0.1, -0.05) is 0 Å². The molecular formula is C12H10BrN3OS. The zero-order chi connectivity index (χ0) is 12.5. The first kappa shape index (κ1) is 11.6. The molecule has 0 aliphatic carbocycles. The molecule has 92 valence electrons. The fraction of sp³-hybridized carbons (Fsp3) is 0.0833. The van der Waals surface area contributed by atoms with E-state index in [9.17, 15) is 4.79 Å². The van der Waals surface area contributed by atoms with Crippen molar-refractivity contribution in [2.24, 2.45) is 0 Å². The molecule has 0 amide bonds. The summed E-state index contributed by atoms with van der Waals surface area (Å²) in [5.41, 5.74) is 3.68. The summed E-state index contributed by atoms with van der Waals surface area (Å²) in [4.78, 5) is 16.6. The van der Waals surface area contributed by atoms with Crippen molar-refractivity contribution < 1.29 is 0 Å². The summed E-state index contributed by atoms with van der Waals surface area (Å²) in [6.45, 7) is 0.766. The van der Waals surface area contributed by atoms with Crippen molar-refractivity contribution in [3.05, 3.63) is 49.5 Å². The second kappa shape index (κ2) is 4.62. The van der Waals surface area contributed by atoms with Crippen LogP contribution in [0.2, 0.25) is 0 Å². The molecule has 2 aromatic heterocycles. The van der Waals surface area contributed by atoms with Gasteiger partial charge in [0.05, 0.1) is 14.8 Å². The first-order valence-corrected chi connectivity index (χ1v) is 7.07. The summed E-state index contributed by atoms with van der Waals surface area (Å²) >= 11 is 5.11. The lowest BCUT2D eigenvalue weighted by atomic mass is 10.2. The number of benzene rings is 1. The predicted octanol–water partition coefficient (Wildman–Crippen LogP) is 3.29. The Balaban J connectivity index is 1.80. The normalized spacial score (nSPS) is 10.9. The third-order valence-corrected chi connectivity index (χ3v) is 4.19. The number of thiophene rings is 1. The van der Waals surface area contributed by atoms with Gasteiger partial charge in [0, 0.05) is 12.2 Å². The van der Waals surface area contributed by atoms with E-state index in [1.807, 2.05) is 18.2 Å². The number of aromatic amines is 2. The molecule has 0 spiro atoms. The van der Waals surface area contributed by atoms with E-state index in [4.69, 9.17) is 0 Å². The molecule has 0 saturated carbocycles. The average Bonchev–Trinajstić information content (AvgIpc) is 2.90. The van der Waals surface area contributed by atoms with Gasteiger partial charge in [-0.3, -0.25) is 0 Å². The van der Waals surface area contributed by atoms with Crippen molar-refractivity contribution in [3.8, 4) is 0 Å². The van der Waals surface area contributed by atoms with Crippen molar-refractivity contribution >= 4 is 44.0 Å². The van der Waals surface area contributed by atoms with Gasteiger partial charge in [-0.05, 0) is 51.1 Å². The highest BCUT2D eigenvalue weighted by Crippen LogP contribution is 2.22. The molecule has 0 radical (unpaired) electrons. The third-order valence-electron chi connectivity index (χ3n) is 2.63. The fourth-order valence-electron chi connectivity index (χ4n) is 1.79. The first-order valence-electron chi connectivity index (χ1n) is 5.39. The van der Waals surface area contributed by atoms with Gasteiger partial charge >= 0.3 is 5.69 Å². The number of aromatic nitrogens is 2. The van der Waals surface area contributed by atoms with Crippen LogP contribution in [0.5, 0.6) is 0 Å². The minimum atomic E-state index is -0.177. The highest BCUT2D eigenvalue weighted by atomic mass is 79.9. The Morgan fingerprint density at radius 3 is 2.83 bits per heavy atom. The van der Waals surface area contributed by atoms with Gasteiger partial charge in [-0.25, -0.2) is 4.79 Å². The van der Waals surface area contributed by atoms with E-state index in [0.29, 0.717) is 0 Å².